The quantitative estimate of drug-likeness (QED) is 0.579. The first-order chi connectivity index (χ1) is 15.4. The Labute approximate surface area is 189 Å². The number of ether oxygens (including phenoxy) is 1. The predicted molar refractivity (Wildman–Crippen MR) is 123 cm³/mol. The molecule has 32 heavy (non-hydrogen) atoms. The van der Waals surface area contributed by atoms with E-state index in [0.717, 1.165) is 12.8 Å². The highest BCUT2D eigenvalue weighted by Gasteiger charge is 2.30. The van der Waals surface area contributed by atoms with Crippen LogP contribution in [0.25, 0.3) is 0 Å². The van der Waals surface area contributed by atoms with Crippen molar-refractivity contribution >= 4 is 11.9 Å². The lowest BCUT2D eigenvalue weighted by Gasteiger charge is -2.36. The van der Waals surface area contributed by atoms with Gasteiger partial charge in [-0.2, -0.15) is 0 Å². The molecule has 1 aliphatic rings. The summed E-state index contributed by atoms with van der Waals surface area (Å²) in [5.74, 6) is -0.424. The largest absolute Gasteiger partial charge is 0.480 e. The summed E-state index contributed by atoms with van der Waals surface area (Å²) in [6, 6.07) is 21.1. The number of nitrogens with zero attached hydrogens (tertiary/aromatic N) is 1. The fourth-order valence-corrected chi connectivity index (χ4v) is 3.86. The molecule has 1 fully saturated rings. The smallest absolute Gasteiger partial charge is 0.329 e. The molecule has 0 saturated carbocycles. The number of likely N-dealkylation sites (tertiary alicyclic amines) is 1. The number of carboxylic acids is 1. The van der Waals surface area contributed by atoms with Crippen molar-refractivity contribution < 1.29 is 24.5 Å². The van der Waals surface area contributed by atoms with Crippen molar-refractivity contribution in [2.75, 3.05) is 32.8 Å². The van der Waals surface area contributed by atoms with Gasteiger partial charge in [0.05, 0.1) is 6.10 Å². The minimum absolute atomic E-state index is 0.134. The normalized spacial score (nSPS) is 15.1. The summed E-state index contributed by atoms with van der Waals surface area (Å²) >= 11 is 0. The molecule has 2 aromatic carbocycles. The summed E-state index contributed by atoms with van der Waals surface area (Å²) < 4.78 is 4.93. The Morgan fingerprint density at radius 2 is 1.47 bits per heavy atom. The molecule has 174 valence electrons. The number of aliphatic carboxylic acids is 1. The van der Waals surface area contributed by atoms with Gasteiger partial charge in [-0.1, -0.05) is 60.7 Å². The lowest BCUT2D eigenvalue weighted by molar-refractivity contribution is -0.146. The number of piperidine rings is 1. The van der Waals surface area contributed by atoms with Crippen molar-refractivity contribution in [2.24, 2.45) is 11.7 Å². The van der Waals surface area contributed by atoms with E-state index >= 15 is 0 Å². The molecule has 1 amide bonds. The number of hydrogen-bond donors (Lipinski definition) is 3. The molecule has 2 aromatic rings. The van der Waals surface area contributed by atoms with E-state index in [1.54, 1.807) is 11.8 Å². The number of aliphatic hydroxyl groups excluding tert-OH is 1. The van der Waals surface area contributed by atoms with Crippen LogP contribution in [0.4, 0.5) is 0 Å². The first-order valence-electron chi connectivity index (χ1n) is 11.0. The third-order valence-corrected chi connectivity index (χ3v) is 5.47. The van der Waals surface area contributed by atoms with Gasteiger partial charge in [0.15, 0.2) is 0 Å². The van der Waals surface area contributed by atoms with Crippen LogP contribution in [0.2, 0.25) is 0 Å². The minimum atomic E-state index is -1.06. The van der Waals surface area contributed by atoms with Gasteiger partial charge in [-0.05, 0) is 36.8 Å². The summed E-state index contributed by atoms with van der Waals surface area (Å²) in [5, 5.41) is 16.8. The second-order valence-electron chi connectivity index (χ2n) is 7.99. The van der Waals surface area contributed by atoms with Crippen LogP contribution < -0.4 is 5.73 Å². The zero-order chi connectivity index (χ0) is 23.3. The number of carboxylic acid groups (broad SMARTS) is 1. The van der Waals surface area contributed by atoms with E-state index in [9.17, 15) is 9.59 Å². The van der Waals surface area contributed by atoms with Crippen LogP contribution in [0.15, 0.2) is 60.7 Å². The van der Waals surface area contributed by atoms with Crippen LogP contribution in [-0.2, 0) is 14.3 Å². The van der Waals surface area contributed by atoms with Gasteiger partial charge in [0, 0.05) is 25.6 Å². The molecule has 7 heteroatoms. The monoisotopic (exact) mass is 442 g/mol. The molecule has 1 saturated heterocycles. The molecule has 0 radical (unpaired) electrons. The summed E-state index contributed by atoms with van der Waals surface area (Å²) in [6.45, 7) is 2.76. The number of nitrogens with two attached hydrogens (primary N) is 1. The van der Waals surface area contributed by atoms with E-state index in [0.29, 0.717) is 31.5 Å². The number of rotatable bonds is 8. The Kier molecular flexibility index (Phi) is 10.9. The molecule has 7 nitrogen and oxygen atoms in total. The third-order valence-electron chi connectivity index (χ3n) is 5.47. The van der Waals surface area contributed by atoms with Gasteiger partial charge in [-0.25, -0.2) is 4.79 Å². The van der Waals surface area contributed by atoms with Gasteiger partial charge in [0.25, 0.3) is 0 Å². The summed E-state index contributed by atoms with van der Waals surface area (Å²) in [7, 11) is 0. The van der Waals surface area contributed by atoms with Crippen LogP contribution in [0.3, 0.4) is 0 Å². The maximum atomic E-state index is 12.2. The van der Waals surface area contributed by atoms with Gasteiger partial charge in [0.1, 0.15) is 13.2 Å². The van der Waals surface area contributed by atoms with Crippen molar-refractivity contribution in [3.63, 3.8) is 0 Å². The average molecular weight is 443 g/mol. The van der Waals surface area contributed by atoms with Crippen LogP contribution in [0, 0.1) is 5.92 Å². The Balaban J connectivity index is 0.000000654. The summed E-state index contributed by atoms with van der Waals surface area (Å²) in [4.78, 5) is 24.5. The SMILES string of the molecule is CC(O)CN.O=C(O)COCC(=O)N1CCC(C(c2ccccc2)c2ccccc2)CC1. The Hall–Kier alpha value is -2.74. The third kappa shape index (κ3) is 8.42. The highest BCUT2D eigenvalue weighted by atomic mass is 16.5. The first-order valence-corrected chi connectivity index (χ1v) is 11.0. The second kappa shape index (κ2) is 13.6. The fraction of sp³-hybridized carbons (Fsp3) is 0.440. The fourth-order valence-electron chi connectivity index (χ4n) is 3.86. The lowest BCUT2D eigenvalue weighted by Crippen LogP contribution is -2.41. The van der Waals surface area contributed by atoms with Gasteiger partial charge in [-0.15, -0.1) is 0 Å². The van der Waals surface area contributed by atoms with E-state index in [2.05, 4.69) is 48.5 Å². The maximum Gasteiger partial charge on any atom is 0.329 e. The number of hydrogen-bond acceptors (Lipinski definition) is 5. The molecule has 4 N–H and O–H groups in total. The topological polar surface area (TPSA) is 113 Å². The molecular formula is C25H34N2O5. The van der Waals surface area contributed by atoms with Gasteiger partial charge >= 0.3 is 5.97 Å². The number of carbonyl (C=O) groups is 2. The van der Waals surface area contributed by atoms with E-state index in [1.807, 2.05) is 12.1 Å². The van der Waals surface area contributed by atoms with Crippen molar-refractivity contribution in [1.82, 2.24) is 4.90 Å². The number of benzene rings is 2. The molecule has 0 aromatic heterocycles. The molecule has 0 bridgehead atoms. The highest BCUT2D eigenvalue weighted by Crippen LogP contribution is 2.37. The number of amides is 1. The zero-order valence-corrected chi connectivity index (χ0v) is 18.6. The lowest BCUT2D eigenvalue weighted by atomic mass is 9.76. The predicted octanol–water partition coefficient (Wildman–Crippen LogP) is 2.48. The molecule has 1 aliphatic heterocycles. The molecule has 1 heterocycles. The molecule has 0 spiro atoms. The van der Waals surface area contributed by atoms with Gasteiger partial charge < -0.3 is 25.6 Å². The molecule has 3 rings (SSSR count). The number of aliphatic hydroxyl groups is 1. The van der Waals surface area contributed by atoms with Gasteiger partial charge in [0.2, 0.25) is 5.91 Å². The molecular weight excluding hydrogens is 408 g/mol. The standard InChI is InChI=1S/C22H25NO4.C3H9NO/c24-20(15-27-16-21(25)26)23-13-11-19(12-14-23)22(17-7-3-1-4-8-17)18-9-5-2-6-10-18;1-3(5)2-4/h1-10,19,22H,11-16H2,(H,25,26);3,5H,2,4H2,1H3. The Morgan fingerprint density at radius 3 is 1.88 bits per heavy atom. The summed E-state index contributed by atoms with van der Waals surface area (Å²) in [6.07, 6.45) is 1.49. The van der Waals surface area contributed by atoms with Crippen molar-refractivity contribution in [1.29, 1.82) is 0 Å². The highest BCUT2D eigenvalue weighted by molar-refractivity contribution is 5.78. The van der Waals surface area contributed by atoms with Crippen LogP contribution in [0.1, 0.15) is 36.8 Å². The summed E-state index contributed by atoms with van der Waals surface area (Å²) in [5.41, 5.74) is 7.53. The van der Waals surface area contributed by atoms with Crippen LogP contribution in [-0.4, -0.2) is 65.9 Å². The van der Waals surface area contributed by atoms with E-state index in [-0.39, 0.29) is 18.6 Å². The number of carbonyl (C=O) groups excluding carboxylic acids is 1. The zero-order valence-electron chi connectivity index (χ0n) is 18.6. The van der Waals surface area contributed by atoms with Crippen LogP contribution >= 0.6 is 0 Å². The molecule has 1 atom stereocenters. The first kappa shape index (κ1) is 25.5. The van der Waals surface area contributed by atoms with E-state index in [4.69, 9.17) is 20.7 Å². The van der Waals surface area contributed by atoms with E-state index < -0.39 is 12.6 Å². The van der Waals surface area contributed by atoms with E-state index in [1.165, 1.54) is 11.1 Å². The van der Waals surface area contributed by atoms with Gasteiger partial charge in [-0.3, -0.25) is 4.79 Å². The molecule has 1 unspecified atom stereocenters. The van der Waals surface area contributed by atoms with Crippen molar-refractivity contribution in [3.8, 4) is 0 Å². The van der Waals surface area contributed by atoms with Crippen molar-refractivity contribution in [2.45, 2.75) is 31.8 Å². The maximum absolute atomic E-state index is 12.2. The Bertz CT molecular complexity index is 766. The minimum Gasteiger partial charge on any atom is -0.480 e. The van der Waals surface area contributed by atoms with Crippen LogP contribution in [0.5, 0.6) is 0 Å². The Morgan fingerprint density at radius 1 is 1.00 bits per heavy atom. The molecule has 0 aliphatic carbocycles. The van der Waals surface area contributed by atoms with Crippen molar-refractivity contribution in [3.05, 3.63) is 71.8 Å². The second-order valence-corrected chi connectivity index (χ2v) is 7.99. The average Bonchev–Trinajstić information content (AvgIpc) is 2.81.